The van der Waals surface area contributed by atoms with Gasteiger partial charge in [-0.25, -0.2) is 10.4 Å². The Labute approximate surface area is 175 Å². The molecule has 30 heavy (non-hydrogen) atoms. The van der Waals surface area contributed by atoms with Gasteiger partial charge in [-0.15, -0.1) is 0 Å². The van der Waals surface area contributed by atoms with Crippen molar-refractivity contribution in [1.29, 1.82) is 0 Å². The van der Waals surface area contributed by atoms with Gasteiger partial charge in [0.1, 0.15) is 11.5 Å². The molecule has 1 amide bonds. The van der Waals surface area contributed by atoms with Crippen molar-refractivity contribution in [2.24, 2.45) is 5.10 Å². The summed E-state index contributed by atoms with van der Waals surface area (Å²) in [6.45, 7) is 4.02. The number of carbonyl (C=O) groups excluding carboxylic acids is 1. The molecule has 0 radical (unpaired) electrons. The lowest BCUT2D eigenvalue weighted by atomic mass is 10.0. The summed E-state index contributed by atoms with van der Waals surface area (Å²) in [7, 11) is 0. The van der Waals surface area contributed by atoms with Crippen LogP contribution in [0.5, 0.6) is 0 Å². The monoisotopic (exact) mass is 397 g/mol. The normalized spacial score (nSPS) is 11.3. The maximum absolute atomic E-state index is 12.9. The molecule has 0 fully saturated rings. The zero-order valence-electron chi connectivity index (χ0n) is 17.1. The van der Waals surface area contributed by atoms with E-state index in [0.29, 0.717) is 11.3 Å². The van der Waals surface area contributed by atoms with Crippen LogP contribution < -0.4 is 5.43 Å². The van der Waals surface area contributed by atoms with Crippen LogP contribution in [0.4, 0.5) is 0 Å². The number of carbonyl (C=O) groups is 1. The highest BCUT2D eigenvalue weighted by Gasteiger charge is 2.13. The number of pyridine rings is 1. The highest BCUT2D eigenvalue weighted by atomic mass is 16.3. The number of furan rings is 1. The van der Waals surface area contributed by atoms with Crippen LogP contribution in [0.3, 0.4) is 0 Å². The molecule has 0 atom stereocenters. The van der Waals surface area contributed by atoms with E-state index in [1.54, 1.807) is 6.07 Å². The third kappa shape index (κ3) is 4.30. The summed E-state index contributed by atoms with van der Waals surface area (Å²) in [6.07, 6.45) is 3.64. The molecule has 0 bridgehead atoms. The van der Waals surface area contributed by atoms with Crippen LogP contribution in [0.1, 0.15) is 40.8 Å². The van der Waals surface area contributed by atoms with Gasteiger partial charge in [-0.3, -0.25) is 4.79 Å². The Hall–Kier alpha value is -3.73. The Morgan fingerprint density at radius 2 is 1.90 bits per heavy atom. The average molecular weight is 397 g/mol. The molecule has 0 saturated carbocycles. The minimum atomic E-state index is -0.294. The third-order valence-electron chi connectivity index (χ3n) is 4.87. The number of hydrogen-bond donors (Lipinski definition) is 1. The van der Waals surface area contributed by atoms with Crippen molar-refractivity contribution in [3.05, 3.63) is 89.4 Å². The van der Waals surface area contributed by atoms with Crippen LogP contribution >= 0.6 is 0 Å². The number of aromatic nitrogens is 1. The maximum Gasteiger partial charge on any atom is 0.272 e. The predicted octanol–water partition coefficient (Wildman–Crippen LogP) is 5.52. The van der Waals surface area contributed by atoms with Gasteiger partial charge in [0.25, 0.3) is 5.91 Å². The topological polar surface area (TPSA) is 67.5 Å². The predicted molar refractivity (Wildman–Crippen MR) is 120 cm³/mol. The van der Waals surface area contributed by atoms with Crippen molar-refractivity contribution < 1.29 is 9.21 Å². The largest absolute Gasteiger partial charge is 0.460 e. The smallest absolute Gasteiger partial charge is 0.272 e. The molecule has 2 aromatic heterocycles. The molecular weight excluding hydrogens is 374 g/mol. The van der Waals surface area contributed by atoms with Crippen molar-refractivity contribution in [2.75, 3.05) is 0 Å². The molecule has 5 heteroatoms. The zero-order chi connectivity index (χ0) is 20.9. The summed E-state index contributed by atoms with van der Waals surface area (Å²) in [6, 6.07) is 21.4. The van der Waals surface area contributed by atoms with E-state index in [4.69, 9.17) is 9.40 Å². The highest BCUT2D eigenvalue weighted by molar-refractivity contribution is 6.07. The van der Waals surface area contributed by atoms with Crippen molar-refractivity contribution in [1.82, 2.24) is 10.4 Å². The number of hydrazone groups is 1. The van der Waals surface area contributed by atoms with Crippen LogP contribution in [-0.2, 0) is 6.42 Å². The summed E-state index contributed by atoms with van der Waals surface area (Å²) in [5, 5.41) is 4.82. The summed E-state index contributed by atoms with van der Waals surface area (Å²) < 4.78 is 5.43. The molecule has 1 N–H and O–H groups in total. The zero-order valence-corrected chi connectivity index (χ0v) is 17.1. The first-order chi connectivity index (χ1) is 14.6. The Morgan fingerprint density at radius 3 is 2.63 bits per heavy atom. The number of aryl methyl sites for hydroxylation is 2. The SMILES string of the molecule is CCCc1ccc(-c2cc(C(=O)N/N=C\c3ccc(C)o3)c3ccccc3n2)cc1. The van der Waals surface area contributed by atoms with E-state index < -0.39 is 0 Å². The van der Waals surface area contributed by atoms with Crippen LogP contribution in [-0.4, -0.2) is 17.1 Å². The molecule has 0 unspecified atom stereocenters. The van der Waals surface area contributed by atoms with Crippen LogP contribution in [0, 0.1) is 6.92 Å². The quantitative estimate of drug-likeness (QED) is 0.344. The Kier molecular flexibility index (Phi) is 5.70. The molecule has 5 nitrogen and oxygen atoms in total. The minimum Gasteiger partial charge on any atom is -0.460 e. The highest BCUT2D eigenvalue weighted by Crippen LogP contribution is 2.25. The first-order valence-corrected chi connectivity index (χ1v) is 10.0. The molecule has 0 aliphatic rings. The van der Waals surface area contributed by atoms with E-state index >= 15 is 0 Å². The summed E-state index contributed by atoms with van der Waals surface area (Å²) in [5.74, 6) is 1.08. The standard InChI is InChI=1S/C25H23N3O2/c1-3-6-18-10-12-19(13-11-18)24-15-22(21-7-4-5-8-23(21)27-24)25(29)28-26-16-20-14-9-17(2)30-20/h4-5,7-16H,3,6H2,1-2H3,(H,28,29)/b26-16-. The fourth-order valence-corrected chi connectivity index (χ4v) is 3.38. The number of nitrogens with one attached hydrogen (secondary N) is 1. The van der Waals surface area contributed by atoms with E-state index in [9.17, 15) is 4.79 Å². The third-order valence-corrected chi connectivity index (χ3v) is 4.87. The second-order valence-corrected chi connectivity index (χ2v) is 7.17. The lowest BCUT2D eigenvalue weighted by Gasteiger charge is -2.09. The van der Waals surface area contributed by atoms with Crippen LogP contribution in [0.2, 0.25) is 0 Å². The van der Waals surface area contributed by atoms with Crippen molar-refractivity contribution in [3.63, 3.8) is 0 Å². The van der Waals surface area contributed by atoms with Gasteiger partial charge in [-0.2, -0.15) is 5.10 Å². The number of para-hydroxylation sites is 1. The molecule has 4 rings (SSSR count). The van der Waals surface area contributed by atoms with Crippen LogP contribution in [0.25, 0.3) is 22.2 Å². The van der Waals surface area contributed by atoms with Gasteiger partial charge in [-0.05, 0) is 43.2 Å². The Bertz CT molecular complexity index is 1210. The number of fused-ring (bicyclic) bond motifs is 1. The molecule has 150 valence electrons. The minimum absolute atomic E-state index is 0.294. The van der Waals surface area contributed by atoms with Crippen molar-refractivity contribution in [2.45, 2.75) is 26.7 Å². The van der Waals surface area contributed by atoms with Crippen molar-refractivity contribution >= 4 is 23.0 Å². The van der Waals surface area contributed by atoms with E-state index in [2.05, 4.69) is 41.7 Å². The van der Waals surface area contributed by atoms with Gasteiger partial charge >= 0.3 is 0 Å². The Balaban J connectivity index is 1.66. The van der Waals surface area contributed by atoms with E-state index in [1.165, 1.54) is 11.8 Å². The summed E-state index contributed by atoms with van der Waals surface area (Å²) in [5.41, 5.74) is 6.92. The average Bonchev–Trinajstić information content (AvgIpc) is 3.18. The van der Waals surface area contributed by atoms with Gasteiger partial charge in [0.2, 0.25) is 0 Å². The summed E-state index contributed by atoms with van der Waals surface area (Å²) >= 11 is 0. The van der Waals surface area contributed by atoms with Gasteiger partial charge in [0.05, 0.1) is 23.0 Å². The molecule has 0 spiro atoms. The van der Waals surface area contributed by atoms with Gasteiger partial charge in [0, 0.05) is 10.9 Å². The molecule has 2 aromatic carbocycles. The first kappa shape index (κ1) is 19.6. The molecular formula is C25H23N3O2. The molecule has 0 aliphatic carbocycles. The van der Waals surface area contributed by atoms with E-state index in [0.717, 1.165) is 40.8 Å². The molecule has 2 heterocycles. The second kappa shape index (κ2) is 8.74. The Morgan fingerprint density at radius 1 is 1.10 bits per heavy atom. The molecule has 0 aliphatic heterocycles. The molecule has 0 saturated heterocycles. The lowest BCUT2D eigenvalue weighted by molar-refractivity contribution is 0.0956. The number of benzene rings is 2. The lowest BCUT2D eigenvalue weighted by Crippen LogP contribution is -2.18. The van der Waals surface area contributed by atoms with Gasteiger partial charge < -0.3 is 4.42 Å². The number of nitrogens with zero attached hydrogens (tertiary/aromatic N) is 2. The maximum atomic E-state index is 12.9. The number of amides is 1. The second-order valence-electron chi connectivity index (χ2n) is 7.17. The van der Waals surface area contributed by atoms with Gasteiger partial charge in [0.15, 0.2) is 0 Å². The number of hydrogen-bond acceptors (Lipinski definition) is 4. The summed E-state index contributed by atoms with van der Waals surface area (Å²) in [4.78, 5) is 17.7. The molecule has 4 aromatic rings. The van der Waals surface area contributed by atoms with Crippen molar-refractivity contribution in [3.8, 4) is 11.3 Å². The van der Waals surface area contributed by atoms with Crippen LogP contribution in [0.15, 0.2) is 76.2 Å². The number of rotatable bonds is 6. The first-order valence-electron chi connectivity index (χ1n) is 10.0. The van der Waals surface area contributed by atoms with Gasteiger partial charge in [-0.1, -0.05) is 55.8 Å². The van der Waals surface area contributed by atoms with E-state index in [1.807, 2.05) is 43.3 Å². The fourth-order valence-electron chi connectivity index (χ4n) is 3.38. The van der Waals surface area contributed by atoms with E-state index in [-0.39, 0.29) is 5.91 Å². The fraction of sp³-hybridized carbons (Fsp3) is 0.160.